The number of allylic oxidation sites excluding steroid dienone is 2. The second kappa shape index (κ2) is 17.4. The minimum absolute atomic E-state index is 0.0653. The Morgan fingerprint density at radius 3 is 2.72 bits per heavy atom. The van der Waals surface area contributed by atoms with Gasteiger partial charge in [-0.25, -0.2) is 19.2 Å². The van der Waals surface area contributed by atoms with E-state index in [9.17, 15) is 14.3 Å². The molecule has 0 amide bonds. The van der Waals surface area contributed by atoms with E-state index in [1.54, 1.807) is 30.1 Å². The number of aromatic nitrogens is 2. The van der Waals surface area contributed by atoms with Gasteiger partial charge in [-0.3, -0.25) is 15.7 Å². The summed E-state index contributed by atoms with van der Waals surface area (Å²) in [5.41, 5.74) is 1.91. The third-order valence-corrected chi connectivity index (χ3v) is 9.37. The quantitative estimate of drug-likeness (QED) is 0.0511. The van der Waals surface area contributed by atoms with Gasteiger partial charge in [0.15, 0.2) is 16.0 Å². The van der Waals surface area contributed by atoms with Gasteiger partial charge in [0.1, 0.15) is 23.9 Å². The average Bonchev–Trinajstić information content (AvgIpc) is 3.64. The average molecular weight is 696 g/mol. The number of fused-ring (bicyclic) bond motifs is 1. The first-order valence-electron chi connectivity index (χ1n) is 15.0. The Bertz CT molecular complexity index is 1720. The molecule has 4 N–H and O–H groups in total. The van der Waals surface area contributed by atoms with Crippen LogP contribution in [0.25, 0.3) is 10.2 Å². The van der Waals surface area contributed by atoms with E-state index in [0.29, 0.717) is 52.2 Å². The minimum Gasteiger partial charge on any atom is -0.476 e. The fraction of sp³-hybridized carbons (Fsp3) is 0.364. The lowest BCUT2D eigenvalue weighted by molar-refractivity contribution is 0.0420. The lowest BCUT2D eigenvalue weighted by Crippen LogP contribution is -2.31. The number of aryl methyl sites for hydroxylation is 1. The van der Waals surface area contributed by atoms with Gasteiger partial charge in [-0.05, 0) is 82.4 Å². The summed E-state index contributed by atoms with van der Waals surface area (Å²) < 4.78 is 21.5. The molecule has 47 heavy (non-hydrogen) atoms. The molecule has 3 aromatic rings. The van der Waals surface area contributed by atoms with Crippen LogP contribution in [-0.2, 0) is 11.2 Å². The number of amidine groups is 2. The molecule has 0 saturated heterocycles. The largest absolute Gasteiger partial charge is 0.476 e. The van der Waals surface area contributed by atoms with Crippen LogP contribution in [0.1, 0.15) is 35.1 Å². The number of aromatic carboxylic acids is 1. The number of anilines is 2. The topological polar surface area (TPSA) is 139 Å². The van der Waals surface area contributed by atoms with Gasteiger partial charge in [0.05, 0.1) is 16.8 Å². The first-order valence-corrected chi connectivity index (χ1v) is 17.5. The smallest absolute Gasteiger partial charge is 0.355 e. The van der Waals surface area contributed by atoms with Crippen LogP contribution in [0.15, 0.2) is 59.7 Å². The number of nitrogens with one attached hydrogen (secondary N) is 3. The first-order chi connectivity index (χ1) is 22.5. The molecular weight excluding hydrogens is 657 g/mol. The molecule has 0 spiro atoms. The van der Waals surface area contributed by atoms with Crippen molar-refractivity contribution in [1.29, 1.82) is 10.8 Å². The molecule has 4 rings (SSSR count). The zero-order valence-corrected chi connectivity index (χ0v) is 29.3. The number of thiazole rings is 2. The lowest BCUT2D eigenvalue weighted by atomic mass is 10.0. The van der Waals surface area contributed by atoms with Crippen molar-refractivity contribution in [2.45, 2.75) is 38.5 Å². The summed E-state index contributed by atoms with van der Waals surface area (Å²) >= 11 is 2.66. The molecule has 2 heterocycles. The molecule has 0 saturated carbocycles. The predicted octanol–water partition coefficient (Wildman–Crippen LogP) is 6.25. The van der Waals surface area contributed by atoms with E-state index in [0.717, 1.165) is 22.8 Å². The van der Waals surface area contributed by atoms with Gasteiger partial charge in [0.2, 0.25) is 0 Å². The van der Waals surface area contributed by atoms with Gasteiger partial charge in [0, 0.05) is 23.6 Å². The number of halogens is 1. The molecule has 1 aliphatic rings. The molecule has 1 aliphatic carbocycles. The summed E-state index contributed by atoms with van der Waals surface area (Å²) in [6.45, 7) is 3.00. The highest BCUT2D eigenvalue weighted by molar-refractivity contribution is 7.22. The molecule has 0 radical (unpaired) electrons. The first kappa shape index (κ1) is 36.1. The maximum absolute atomic E-state index is 14.7. The molecule has 0 aliphatic heterocycles. The Labute approximate surface area is 284 Å². The molecule has 14 heteroatoms. The predicted molar refractivity (Wildman–Crippen MR) is 195 cm³/mol. The lowest BCUT2D eigenvalue weighted by Gasteiger charge is -2.21. The van der Waals surface area contributed by atoms with Crippen molar-refractivity contribution in [1.82, 2.24) is 14.9 Å². The fourth-order valence-electron chi connectivity index (χ4n) is 4.46. The van der Waals surface area contributed by atoms with E-state index in [4.69, 9.17) is 15.6 Å². The number of alkyl halides is 1. The van der Waals surface area contributed by atoms with Crippen molar-refractivity contribution in [2.75, 3.05) is 50.2 Å². The van der Waals surface area contributed by atoms with E-state index >= 15 is 0 Å². The molecular formula is C33H39FN7O3PS2. The standard InChI is InChI=1S/C33H39FN7O3PS2/c1-21(30(36)39-32-37-24-10-4-5-11-26(24)46-32)19-28(35)41(16-8-18-45)33-38-29(31(42)43)27(47-33)12-7-17-44-25-14-13-22(20-23(25)34)9-6-15-40(2)3/h4-5,10-11,13-14,19-20,23,25,35H,7-8,12,15-18,45H2,1-3H3,(H,42,43)(H2,36,37,39)/b21-19-,35-28?. The number of nitrogens with zero attached hydrogens (tertiary/aromatic N) is 4. The van der Waals surface area contributed by atoms with Crippen molar-refractivity contribution in [2.24, 2.45) is 0 Å². The fourth-order valence-corrected chi connectivity index (χ4v) is 6.64. The maximum Gasteiger partial charge on any atom is 0.355 e. The van der Waals surface area contributed by atoms with Crippen molar-refractivity contribution >= 4 is 70.0 Å². The van der Waals surface area contributed by atoms with E-state index < -0.39 is 18.2 Å². The molecule has 1 aromatic carbocycles. The monoisotopic (exact) mass is 695 g/mol. The van der Waals surface area contributed by atoms with Crippen LogP contribution in [0.4, 0.5) is 14.7 Å². The van der Waals surface area contributed by atoms with Crippen molar-refractivity contribution < 1.29 is 19.0 Å². The van der Waals surface area contributed by atoms with Crippen molar-refractivity contribution in [3.05, 3.63) is 70.3 Å². The normalized spacial score (nSPS) is 16.1. The molecule has 0 bridgehead atoms. The van der Waals surface area contributed by atoms with Crippen LogP contribution in [0.5, 0.6) is 0 Å². The molecule has 248 valence electrons. The summed E-state index contributed by atoms with van der Waals surface area (Å²) in [6, 6.07) is 7.73. The van der Waals surface area contributed by atoms with Crippen LogP contribution in [0.3, 0.4) is 0 Å². The minimum atomic E-state index is -1.32. The van der Waals surface area contributed by atoms with E-state index in [1.165, 1.54) is 28.7 Å². The summed E-state index contributed by atoms with van der Waals surface area (Å²) in [5, 5.41) is 31.3. The van der Waals surface area contributed by atoms with Crippen LogP contribution >= 0.6 is 31.9 Å². The summed E-state index contributed by atoms with van der Waals surface area (Å²) in [7, 11) is 6.49. The zero-order valence-electron chi connectivity index (χ0n) is 26.5. The Morgan fingerprint density at radius 1 is 1.23 bits per heavy atom. The van der Waals surface area contributed by atoms with Gasteiger partial charge >= 0.3 is 5.97 Å². The molecule has 10 nitrogen and oxygen atoms in total. The third-order valence-electron chi connectivity index (χ3n) is 6.87. The Morgan fingerprint density at radius 2 is 2.02 bits per heavy atom. The maximum atomic E-state index is 14.7. The number of hydrogen-bond donors (Lipinski definition) is 4. The van der Waals surface area contributed by atoms with E-state index in [1.807, 2.05) is 43.3 Å². The Kier molecular flexibility index (Phi) is 13.3. The van der Waals surface area contributed by atoms with Crippen molar-refractivity contribution in [3.63, 3.8) is 0 Å². The summed E-state index contributed by atoms with van der Waals surface area (Å²) in [4.78, 5) is 25.2. The van der Waals surface area contributed by atoms with Gasteiger partial charge in [-0.15, -0.1) is 20.6 Å². The summed E-state index contributed by atoms with van der Waals surface area (Å²) in [6.07, 6.45) is 6.75. The molecule has 3 atom stereocenters. The highest BCUT2D eigenvalue weighted by Gasteiger charge is 2.24. The van der Waals surface area contributed by atoms with Gasteiger partial charge < -0.3 is 20.1 Å². The number of carboxylic acids is 1. The number of carbonyl (C=O) groups is 1. The van der Waals surface area contributed by atoms with Crippen LogP contribution < -0.4 is 10.2 Å². The van der Waals surface area contributed by atoms with Crippen LogP contribution in [0, 0.1) is 22.7 Å². The highest BCUT2D eigenvalue weighted by atomic mass is 32.1. The van der Waals surface area contributed by atoms with Crippen LogP contribution in [0.2, 0.25) is 0 Å². The number of benzene rings is 1. The zero-order chi connectivity index (χ0) is 33.9. The highest BCUT2D eigenvalue weighted by Crippen LogP contribution is 2.30. The summed E-state index contributed by atoms with van der Waals surface area (Å²) in [5.74, 6) is 5.00. The van der Waals surface area contributed by atoms with E-state index in [-0.39, 0.29) is 24.0 Å². The van der Waals surface area contributed by atoms with Gasteiger partial charge in [-0.2, -0.15) is 0 Å². The Hall–Kier alpha value is -3.79. The second-order valence-electron chi connectivity index (χ2n) is 11.0. The number of hydrogen-bond acceptors (Lipinski definition) is 9. The van der Waals surface area contributed by atoms with Gasteiger partial charge in [0.25, 0.3) is 0 Å². The number of para-hydroxylation sites is 1. The van der Waals surface area contributed by atoms with E-state index in [2.05, 4.69) is 36.4 Å². The number of rotatable bonds is 14. The van der Waals surface area contributed by atoms with Crippen LogP contribution in [-0.4, -0.2) is 89.8 Å². The number of ether oxygens (including phenoxy) is 1. The molecule has 0 fully saturated rings. The number of carboxylic acid groups (broad SMARTS) is 1. The second-order valence-corrected chi connectivity index (χ2v) is 13.6. The SMILES string of the molecule is C/C(=C/C(=N)N(CCCP)c1nc(C(=O)O)c(CCCOC2C=CC(C#CCN(C)C)=CC2F)s1)C(=N)Nc1nc2ccccc2s1. The van der Waals surface area contributed by atoms with Crippen molar-refractivity contribution in [3.8, 4) is 11.8 Å². The Balaban J connectivity index is 1.39. The molecule has 2 aromatic heterocycles. The molecule has 3 unspecified atom stereocenters. The van der Waals surface area contributed by atoms with Gasteiger partial charge in [-0.1, -0.05) is 41.4 Å². The third kappa shape index (κ3) is 10.3.